The fourth-order valence-corrected chi connectivity index (χ4v) is 3.40. The molecule has 0 unspecified atom stereocenters. The van der Waals surface area contributed by atoms with Crippen LogP contribution >= 0.6 is 0 Å². The molecule has 0 atom stereocenters. The summed E-state index contributed by atoms with van der Waals surface area (Å²) in [6.07, 6.45) is 0.959. The van der Waals surface area contributed by atoms with Gasteiger partial charge in [-0.05, 0) is 45.9 Å². The summed E-state index contributed by atoms with van der Waals surface area (Å²) in [6.45, 7) is 7.25. The topological polar surface area (TPSA) is 20.3 Å². The average Bonchev–Trinajstić information content (AvgIpc) is 2.60. The number of amides is 1. The normalized spacial score (nSPS) is 11.5. The molecule has 0 heterocycles. The zero-order valence-corrected chi connectivity index (χ0v) is 16.1. The zero-order valence-electron chi connectivity index (χ0n) is 16.1. The van der Waals surface area contributed by atoms with Crippen LogP contribution in [0.2, 0.25) is 0 Å². The van der Waals surface area contributed by atoms with E-state index in [1.807, 2.05) is 37.4 Å². The van der Waals surface area contributed by atoms with Gasteiger partial charge in [-0.15, -0.1) is 0 Å². The second-order valence-corrected chi connectivity index (χ2v) is 8.24. The van der Waals surface area contributed by atoms with E-state index in [0.717, 1.165) is 12.0 Å². The first kappa shape index (κ1) is 18.2. The minimum Gasteiger partial charge on any atom is -0.337 e. The lowest BCUT2D eigenvalue weighted by molar-refractivity contribution is 0.0785. The second kappa shape index (κ2) is 7.33. The van der Waals surface area contributed by atoms with Crippen LogP contribution in [0.3, 0.4) is 0 Å². The van der Waals surface area contributed by atoms with Crippen LogP contribution in [0.4, 0.5) is 0 Å². The maximum atomic E-state index is 12.9. The van der Waals surface area contributed by atoms with Gasteiger partial charge in [0.25, 0.3) is 5.91 Å². The number of hydrogen-bond acceptors (Lipinski definition) is 1. The van der Waals surface area contributed by atoms with Crippen molar-refractivity contribution in [1.82, 2.24) is 4.90 Å². The highest BCUT2D eigenvalue weighted by Crippen LogP contribution is 2.23. The fraction of sp³-hybridized carbons (Fsp3) is 0.292. The largest absolute Gasteiger partial charge is 0.337 e. The van der Waals surface area contributed by atoms with E-state index in [1.54, 1.807) is 4.90 Å². The van der Waals surface area contributed by atoms with Gasteiger partial charge in [-0.3, -0.25) is 4.79 Å². The fourth-order valence-electron chi connectivity index (χ4n) is 3.40. The molecule has 0 aromatic heterocycles. The van der Waals surface area contributed by atoms with Crippen molar-refractivity contribution in [2.24, 2.45) is 5.41 Å². The molecule has 0 bridgehead atoms. The van der Waals surface area contributed by atoms with Crippen molar-refractivity contribution in [2.45, 2.75) is 33.7 Å². The van der Waals surface area contributed by atoms with Crippen LogP contribution in [-0.2, 0) is 13.0 Å². The lowest BCUT2D eigenvalue weighted by Crippen LogP contribution is -2.26. The van der Waals surface area contributed by atoms with Crippen LogP contribution in [0.15, 0.2) is 66.7 Å². The Balaban J connectivity index is 1.80. The summed E-state index contributed by atoms with van der Waals surface area (Å²) in [5.41, 5.74) is 3.34. The number of fused-ring (bicyclic) bond motifs is 1. The number of rotatable bonds is 4. The van der Waals surface area contributed by atoms with Crippen LogP contribution < -0.4 is 0 Å². The predicted octanol–water partition coefficient (Wildman–Crippen LogP) is 5.70. The van der Waals surface area contributed by atoms with Gasteiger partial charge < -0.3 is 4.90 Å². The molecule has 0 aliphatic heterocycles. The van der Waals surface area contributed by atoms with Crippen LogP contribution in [0, 0.1) is 5.41 Å². The molecule has 2 heteroatoms. The summed E-state index contributed by atoms with van der Waals surface area (Å²) >= 11 is 0. The Morgan fingerprint density at radius 1 is 0.923 bits per heavy atom. The van der Waals surface area contributed by atoms with Gasteiger partial charge >= 0.3 is 0 Å². The van der Waals surface area contributed by atoms with Crippen LogP contribution in [0.5, 0.6) is 0 Å². The molecule has 0 aliphatic rings. The summed E-state index contributed by atoms with van der Waals surface area (Å²) in [7, 11) is 1.88. The number of carbonyl (C=O) groups is 1. The Bertz CT molecular complexity index is 915. The van der Waals surface area contributed by atoms with E-state index >= 15 is 0 Å². The van der Waals surface area contributed by atoms with E-state index in [9.17, 15) is 4.79 Å². The molecule has 134 valence electrons. The maximum absolute atomic E-state index is 12.9. The van der Waals surface area contributed by atoms with Crippen molar-refractivity contribution in [1.29, 1.82) is 0 Å². The van der Waals surface area contributed by atoms with Crippen molar-refractivity contribution in [3.8, 4) is 0 Å². The van der Waals surface area contributed by atoms with Gasteiger partial charge in [0.15, 0.2) is 0 Å². The molecule has 0 radical (unpaired) electrons. The van der Waals surface area contributed by atoms with Crippen LogP contribution in [0.1, 0.15) is 42.3 Å². The molecule has 0 saturated carbocycles. The van der Waals surface area contributed by atoms with Crippen molar-refractivity contribution in [2.75, 3.05) is 7.05 Å². The quantitative estimate of drug-likeness (QED) is 0.594. The molecule has 26 heavy (non-hydrogen) atoms. The summed E-state index contributed by atoms with van der Waals surface area (Å²) in [5, 5.41) is 2.41. The van der Waals surface area contributed by atoms with Gasteiger partial charge in [0.05, 0.1) is 0 Å². The van der Waals surface area contributed by atoms with Gasteiger partial charge in [-0.2, -0.15) is 0 Å². The average molecular weight is 345 g/mol. The molecule has 0 spiro atoms. The minimum atomic E-state index is 0.0636. The molecule has 3 rings (SSSR count). The third-order valence-electron chi connectivity index (χ3n) is 4.54. The van der Waals surface area contributed by atoms with Gasteiger partial charge in [-0.25, -0.2) is 0 Å². The zero-order chi connectivity index (χ0) is 18.7. The van der Waals surface area contributed by atoms with E-state index in [4.69, 9.17) is 0 Å². The van der Waals surface area contributed by atoms with Crippen molar-refractivity contribution < 1.29 is 4.79 Å². The van der Waals surface area contributed by atoms with Gasteiger partial charge in [0.1, 0.15) is 0 Å². The van der Waals surface area contributed by atoms with Gasteiger partial charge in [0, 0.05) is 19.2 Å². The third kappa shape index (κ3) is 4.32. The Morgan fingerprint density at radius 2 is 1.62 bits per heavy atom. The lowest BCUT2D eigenvalue weighted by Gasteiger charge is -2.21. The Kier molecular flexibility index (Phi) is 5.13. The summed E-state index contributed by atoms with van der Waals surface area (Å²) in [6, 6.07) is 22.6. The Hall–Kier alpha value is -2.61. The first-order chi connectivity index (χ1) is 12.3. The Morgan fingerprint density at radius 3 is 2.38 bits per heavy atom. The van der Waals surface area contributed by atoms with Crippen LogP contribution in [-0.4, -0.2) is 17.9 Å². The molecular weight excluding hydrogens is 318 g/mol. The molecule has 0 fully saturated rings. The second-order valence-electron chi connectivity index (χ2n) is 8.24. The summed E-state index contributed by atoms with van der Waals surface area (Å²) < 4.78 is 0. The molecule has 0 aliphatic carbocycles. The highest BCUT2D eigenvalue weighted by atomic mass is 16.2. The summed E-state index contributed by atoms with van der Waals surface area (Å²) in [4.78, 5) is 14.7. The number of carbonyl (C=O) groups excluding carboxylic acids is 1. The summed E-state index contributed by atoms with van der Waals surface area (Å²) in [5.74, 6) is 0.0636. The molecule has 0 saturated heterocycles. The number of hydrogen-bond donors (Lipinski definition) is 0. The molecule has 1 amide bonds. The highest BCUT2D eigenvalue weighted by molar-refractivity contribution is 5.94. The number of benzene rings is 3. The molecular formula is C24H27NO. The van der Waals surface area contributed by atoms with Crippen molar-refractivity contribution >= 4 is 16.7 Å². The third-order valence-corrected chi connectivity index (χ3v) is 4.54. The molecule has 2 nitrogen and oxygen atoms in total. The molecule has 3 aromatic rings. The van der Waals surface area contributed by atoms with Gasteiger partial charge in [-0.1, -0.05) is 75.4 Å². The SMILES string of the molecule is CN(Cc1cccc2ccccc12)C(=O)c1cccc(CC(C)(C)C)c1. The maximum Gasteiger partial charge on any atom is 0.253 e. The standard InChI is InChI=1S/C24H27NO/c1-24(2,3)16-18-9-7-12-20(15-18)23(26)25(4)17-21-13-8-11-19-10-5-6-14-22(19)21/h5-15H,16-17H2,1-4H3. The van der Waals surface area contributed by atoms with Crippen molar-refractivity contribution in [3.63, 3.8) is 0 Å². The number of nitrogens with zero attached hydrogens (tertiary/aromatic N) is 1. The monoisotopic (exact) mass is 345 g/mol. The van der Waals surface area contributed by atoms with E-state index in [0.29, 0.717) is 6.54 Å². The van der Waals surface area contributed by atoms with E-state index in [1.165, 1.54) is 21.9 Å². The van der Waals surface area contributed by atoms with Crippen molar-refractivity contribution in [3.05, 3.63) is 83.4 Å². The minimum absolute atomic E-state index is 0.0636. The molecule has 0 N–H and O–H groups in total. The Labute approximate surface area is 156 Å². The first-order valence-corrected chi connectivity index (χ1v) is 9.14. The van der Waals surface area contributed by atoms with E-state index < -0.39 is 0 Å². The van der Waals surface area contributed by atoms with Gasteiger partial charge in [0.2, 0.25) is 0 Å². The smallest absolute Gasteiger partial charge is 0.253 e. The lowest BCUT2D eigenvalue weighted by atomic mass is 9.87. The predicted molar refractivity (Wildman–Crippen MR) is 109 cm³/mol. The highest BCUT2D eigenvalue weighted by Gasteiger charge is 2.16. The van der Waals surface area contributed by atoms with E-state index in [2.05, 4.69) is 57.2 Å². The van der Waals surface area contributed by atoms with E-state index in [-0.39, 0.29) is 11.3 Å². The first-order valence-electron chi connectivity index (χ1n) is 9.14. The molecule has 3 aromatic carbocycles. The van der Waals surface area contributed by atoms with Crippen LogP contribution in [0.25, 0.3) is 10.8 Å².